The highest BCUT2D eigenvalue weighted by Gasteiger charge is 2.06. The number of carbonyl (C=O) groups is 2. The summed E-state index contributed by atoms with van der Waals surface area (Å²) >= 11 is 0. The number of ether oxygens (including phenoxy) is 1. The van der Waals surface area contributed by atoms with Crippen molar-refractivity contribution in [1.29, 1.82) is 0 Å². The van der Waals surface area contributed by atoms with Crippen LogP contribution in [0.25, 0.3) is 0 Å². The summed E-state index contributed by atoms with van der Waals surface area (Å²) in [5, 5.41) is 0. The van der Waals surface area contributed by atoms with Crippen molar-refractivity contribution in [2.24, 2.45) is 5.73 Å². The summed E-state index contributed by atoms with van der Waals surface area (Å²) in [6.07, 6.45) is 0. The van der Waals surface area contributed by atoms with Gasteiger partial charge >= 0.3 is 0 Å². The lowest BCUT2D eigenvalue weighted by molar-refractivity contribution is -0.129. The highest BCUT2D eigenvalue weighted by atomic mass is 16.5. The van der Waals surface area contributed by atoms with Crippen LogP contribution in [0.5, 0.6) is 0 Å². The van der Waals surface area contributed by atoms with Crippen molar-refractivity contribution in [3.05, 3.63) is 35.4 Å². The minimum Gasteiger partial charge on any atom is -0.463 e. The molecule has 4 heteroatoms. The predicted molar refractivity (Wildman–Crippen MR) is 45.8 cm³/mol. The Morgan fingerprint density at radius 1 is 1.46 bits per heavy atom. The van der Waals surface area contributed by atoms with E-state index >= 15 is 0 Å². The van der Waals surface area contributed by atoms with Gasteiger partial charge in [-0.05, 0) is 6.07 Å². The van der Waals surface area contributed by atoms with Gasteiger partial charge in [-0.2, -0.15) is 0 Å². The largest absolute Gasteiger partial charge is 0.463 e. The molecule has 0 aliphatic rings. The summed E-state index contributed by atoms with van der Waals surface area (Å²) in [6, 6.07) is 6.72. The van der Waals surface area contributed by atoms with E-state index in [0.29, 0.717) is 17.6 Å². The maximum Gasteiger partial charge on any atom is 0.293 e. The predicted octanol–water partition coefficient (Wildman–Crippen LogP) is 0.458. The smallest absolute Gasteiger partial charge is 0.293 e. The number of nitrogens with two attached hydrogens (primary N) is 1. The third kappa shape index (κ3) is 2.30. The fourth-order valence-corrected chi connectivity index (χ4v) is 1.01. The van der Waals surface area contributed by atoms with E-state index in [1.807, 2.05) is 0 Å². The van der Waals surface area contributed by atoms with E-state index in [1.54, 1.807) is 24.3 Å². The van der Waals surface area contributed by atoms with Gasteiger partial charge in [0.1, 0.15) is 6.61 Å². The van der Waals surface area contributed by atoms with Crippen molar-refractivity contribution in [1.82, 2.24) is 0 Å². The van der Waals surface area contributed by atoms with E-state index in [4.69, 9.17) is 5.73 Å². The molecule has 0 heterocycles. The average Bonchev–Trinajstić information content (AvgIpc) is 2.15. The van der Waals surface area contributed by atoms with Crippen molar-refractivity contribution in [3.8, 4) is 0 Å². The first-order valence-electron chi connectivity index (χ1n) is 3.68. The van der Waals surface area contributed by atoms with Gasteiger partial charge in [0.05, 0.1) is 0 Å². The molecule has 0 saturated heterocycles. The molecule has 1 rings (SSSR count). The molecule has 2 N–H and O–H groups in total. The number of carbonyl (C=O) groups excluding carboxylic acids is 2. The Labute approximate surface area is 75.3 Å². The second-order valence-electron chi connectivity index (χ2n) is 2.43. The second kappa shape index (κ2) is 4.25. The topological polar surface area (TPSA) is 69.4 Å². The fourth-order valence-electron chi connectivity index (χ4n) is 1.01. The Hall–Kier alpha value is -1.84. The quantitative estimate of drug-likeness (QED) is 0.682. The molecule has 0 atom stereocenters. The molecular formula is C9H9NO3. The van der Waals surface area contributed by atoms with Crippen LogP contribution in [0.15, 0.2) is 24.3 Å². The van der Waals surface area contributed by atoms with Gasteiger partial charge in [0.25, 0.3) is 6.47 Å². The molecule has 0 bridgehead atoms. The van der Waals surface area contributed by atoms with Crippen LogP contribution in [-0.2, 0) is 16.1 Å². The molecule has 13 heavy (non-hydrogen) atoms. The number of amides is 1. The number of primary amides is 1. The summed E-state index contributed by atoms with van der Waals surface area (Å²) in [4.78, 5) is 20.8. The van der Waals surface area contributed by atoms with E-state index in [-0.39, 0.29) is 6.61 Å². The Bertz CT molecular complexity index is 322. The first-order valence-corrected chi connectivity index (χ1v) is 3.68. The van der Waals surface area contributed by atoms with E-state index in [2.05, 4.69) is 4.74 Å². The second-order valence-corrected chi connectivity index (χ2v) is 2.43. The van der Waals surface area contributed by atoms with Crippen LogP contribution in [0.3, 0.4) is 0 Å². The van der Waals surface area contributed by atoms with Crippen molar-refractivity contribution in [2.75, 3.05) is 0 Å². The molecule has 0 radical (unpaired) electrons. The van der Waals surface area contributed by atoms with Crippen LogP contribution in [0.1, 0.15) is 15.9 Å². The highest BCUT2D eigenvalue weighted by molar-refractivity contribution is 5.94. The third-order valence-corrected chi connectivity index (χ3v) is 1.59. The molecule has 4 nitrogen and oxygen atoms in total. The first kappa shape index (κ1) is 9.25. The lowest BCUT2D eigenvalue weighted by atomic mass is 10.1. The van der Waals surface area contributed by atoms with Gasteiger partial charge in [0.2, 0.25) is 5.91 Å². The molecule has 0 aliphatic heterocycles. The van der Waals surface area contributed by atoms with E-state index in [1.165, 1.54) is 0 Å². The summed E-state index contributed by atoms with van der Waals surface area (Å²) in [6.45, 7) is 0.403. The van der Waals surface area contributed by atoms with Gasteiger partial charge in [-0.25, -0.2) is 0 Å². The monoisotopic (exact) mass is 179 g/mol. The van der Waals surface area contributed by atoms with Gasteiger partial charge in [0.15, 0.2) is 0 Å². The lowest BCUT2D eigenvalue weighted by Crippen LogP contribution is -2.13. The SMILES string of the molecule is NC(=O)c1ccccc1COC=O. The highest BCUT2D eigenvalue weighted by Crippen LogP contribution is 2.08. The molecule has 1 amide bonds. The van der Waals surface area contributed by atoms with Gasteiger partial charge < -0.3 is 10.5 Å². The van der Waals surface area contributed by atoms with Crippen LogP contribution in [0.2, 0.25) is 0 Å². The first-order chi connectivity index (χ1) is 6.25. The Kier molecular flexibility index (Phi) is 3.03. The normalized spacial score (nSPS) is 9.23. The minimum absolute atomic E-state index is 0.0720. The molecule has 0 unspecified atom stereocenters. The molecule has 0 spiro atoms. The molecule has 0 aromatic heterocycles. The molecule has 1 aromatic carbocycles. The van der Waals surface area contributed by atoms with E-state index in [9.17, 15) is 9.59 Å². The summed E-state index contributed by atoms with van der Waals surface area (Å²) in [7, 11) is 0. The maximum absolute atomic E-state index is 10.9. The molecule has 0 fully saturated rings. The summed E-state index contributed by atoms with van der Waals surface area (Å²) < 4.78 is 4.52. The van der Waals surface area contributed by atoms with Gasteiger partial charge in [-0.3, -0.25) is 9.59 Å². The van der Waals surface area contributed by atoms with Gasteiger partial charge in [0, 0.05) is 11.1 Å². The third-order valence-electron chi connectivity index (χ3n) is 1.59. The van der Waals surface area contributed by atoms with E-state index in [0.717, 1.165) is 0 Å². The number of hydrogen-bond acceptors (Lipinski definition) is 3. The van der Waals surface area contributed by atoms with Crippen molar-refractivity contribution in [3.63, 3.8) is 0 Å². The van der Waals surface area contributed by atoms with Gasteiger partial charge in [-0.1, -0.05) is 18.2 Å². The summed E-state index contributed by atoms with van der Waals surface area (Å²) in [5.74, 6) is -0.523. The molecular weight excluding hydrogens is 170 g/mol. The molecule has 68 valence electrons. The van der Waals surface area contributed by atoms with Crippen LogP contribution >= 0.6 is 0 Å². The Morgan fingerprint density at radius 3 is 2.77 bits per heavy atom. The number of benzene rings is 1. The zero-order valence-electron chi connectivity index (χ0n) is 6.90. The van der Waals surface area contributed by atoms with Crippen LogP contribution in [0.4, 0.5) is 0 Å². The molecule has 0 saturated carbocycles. The maximum atomic E-state index is 10.9. The zero-order valence-corrected chi connectivity index (χ0v) is 6.90. The minimum atomic E-state index is -0.523. The van der Waals surface area contributed by atoms with Gasteiger partial charge in [-0.15, -0.1) is 0 Å². The van der Waals surface area contributed by atoms with Crippen molar-refractivity contribution >= 4 is 12.4 Å². The van der Waals surface area contributed by atoms with E-state index < -0.39 is 5.91 Å². The van der Waals surface area contributed by atoms with Crippen LogP contribution < -0.4 is 5.73 Å². The lowest BCUT2D eigenvalue weighted by Gasteiger charge is -2.03. The van der Waals surface area contributed by atoms with Crippen LogP contribution in [-0.4, -0.2) is 12.4 Å². The Balaban J connectivity index is 2.90. The van der Waals surface area contributed by atoms with Crippen molar-refractivity contribution in [2.45, 2.75) is 6.61 Å². The standard InChI is InChI=1S/C9H9NO3/c10-9(12)8-4-2-1-3-7(8)5-13-6-11/h1-4,6H,5H2,(H2,10,12). The Morgan fingerprint density at radius 2 is 2.15 bits per heavy atom. The number of rotatable bonds is 4. The van der Waals surface area contributed by atoms with Crippen LogP contribution in [0, 0.1) is 0 Å². The fraction of sp³-hybridized carbons (Fsp3) is 0.111. The molecule has 0 aliphatic carbocycles. The number of hydrogen-bond donors (Lipinski definition) is 1. The average molecular weight is 179 g/mol. The van der Waals surface area contributed by atoms with Crippen molar-refractivity contribution < 1.29 is 14.3 Å². The zero-order chi connectivity index (χ0) is 9.68. The summed E-state index contributed by atoms with van der Waals surface area (Å²) in [5.41, 5.74) is 6.10. The molecule has 1 aromatic rings.